The molecule has 1 aromatic rings. The van der Waals surface area contributed by atoms with Crippen LogP contribution in [0.5, 0.6) is 0 Å². The summed E-state index contributed by atoms with van der Waals surface area (Å²) in [4.78, 5) is 27.9. The lowest BCUT2D eigenvalue weighted by molar-refractivity contribution is -0.0788. The van der Waals surface area contributed by atoms with Crippen molar-refractivity contribution in [1.82, 2.24) is 9.88 Å². The second kappa shape index (κ2) is 6.84. The van der Waals surface area contributed by atoms with Crippen molar-refractivity contribution in [2.45, 2.75) is 24.8 Å². The van der Waals surface area contributed by atoms with Crippen molar-refractivity contribution in [3.63, 3.8) is 0 Å². The van der Waals surface area contributed by atoms with Gasteiger partial charge in [-0.15, -0.1) is 0 Å². The van der Waals surface area contributed by atoms with Gasteiger partial charge in [0.05, 0.1) is 17.6 Å². The molecule has 0 bridgehead atoms. The molecule has 1 aromatic heterocycles. The van der Waals surface area contributed by atoms with Gasteiger partial charge in [-0.05, 0) is 18.6 Å². The molecule has 1 aliphatic heterocycles. The van der Waals surface area contributed by atoms with Crippen molar-refractivity contribution >= 4 is 35.2 Å². The maximum absolute atomic E-state index is 13.7. The van der Waals surface area contributed by atoms with Crippen molar-refractivity contribution in [2.24, 2.45) is 5.73 Å². The van der Waals surface area contributed by atoms with E-state index in [-0.39, 0.29) is 28.9 Å². The van der Waals surface area contributed by atoms with Crippen LogP contribution in [-0.4, -0.2) is 47.0 Å². The Kier molecular flexibility index (Phi) is 5.26. The summed E-state index contributed by atoms with van der Waals surface area (Å²) in [5.41, 5.74) is 4.64. The predicted octanol–water partition coefficient (Wildman–Crippen LogP) is 2.72. The van der Waals surface area contributed by atoms with Crippen LogP contribution in [0.15, 0.2) is 12.1 Å². The lowest BCUT2D eigenvalue weighted by Crippen LogP contribution is -2.53. The van der Waals surface area contributed by atoms with E-state index in [0.29, 0.717) is 0 Å². The summed E-state index contributed by atoms with van der Waals surface area (Å²) in [5, 5.41) is -0.00526. The number of hydrogen-bond acceptors (Lipinski definition) is 4. The van der Waals surface area contributed by atoms with Crippen LogP contribution in [0.2, 0.25) is 10.2 Å². The number of primary amides is 1. The average Bonchev–Trinajstić information content (AvgIpc) is 2.47. The Morgan fingerprint density at radius 2 is 2.13 bits per heavy atom. The molecular formula is C13H13Cl2F2N3O3. The highest BCUT2D eigenvalue weighted by Gasteiger charge is 2.43. The Balaban J connectivity index is 2.27. The third-order valence-electron chi connectivity index (χ3n) is 3.38. The summed E-state index contributed by atoms with van der Waals surface area (Å²) in [6.45, 7) is -1.11. The molecule has 0 aliphatic carbocycles. The summed E-state index contributed by atoms with van der Waals surface area (Å²) < 4.78 is 32.0. The van der Waals surface area contributed by atoms with Crippen LogP contribution in [0.1, 0.15) is 23.3 Å². The molecule has 0 spiro atoms. The van der Waals surface area contributed by atoms with Crippen LogP contribution in [0.25, 0.3) is 0 Å². The Morgan fingerprint density at radius 1 is 1.43 bits per heavy atom. The van der Waals surface area contributed by atoms with Crippen molar-refractivity contribution in [3.8, 4) is 0 Å². The molecule has 0 radical (unpaired) electrons. The number of amides is 2. The fraction of sp³-hybridized carbons (Fsp3) is 0.462. The maximum Gasteiger partial charge on any atom is 0.404 e. The predicted molar refractivity (Wildman–Crippen MR) is 78.8 cm³/mol. The third kappa shape index (κ3) is 4.42. The fourth-order valence-corrected chi connectivity index (χ4v) is 2.62. The van der Waals surface area contributed by atoms with E-state index in [1.165, 1.54) is 12.1 Å². The number of likely N-dealkylation sites (tertiary alicyclic amines) is 1. The first-order chi connectivity index (χ1) is 10.7. The molecule has 126 valence electrons. The second-order valence-electron chi connectivity index (χ2n) is 5.08. The Morgan fingerprint density at radius 3 is 2.78 bits per heavy atom. The zero-order valence-electron chi connectivity index (χ0n) is 11.8. The number of hydrogen-bond donors (Lipinski definition) is 1. The molecule has 1 atom stereocenters. The lowest BCUT2D eigenvalue weighted by atomic mass is 9.99. The largest absolute Gasteiger partial charge is 0.448 e. The van der Waals surface area contributed by atoms with Crippen LogP contribution >= 0.6 is 23.2 Å². The van der Waals surface area contributed by atoms with Crippen molar-refractivity contribution in [1.29, 1.82) is 0 Å². The van der Waals surface area contributed by atoms with Crippen molar-refractivity contribution < 1.29 is 23.1 Å². The van der Waals surface area contributed by atoms with Gasteiger partial charge in [0, 0.05) is 6.42 Å². The summed E-state index contributed by atoms with van der Waals surface area (Å²) in [6, 6.07) is 1.98. The summed E-state index contributed by atoms with van der Waals surface area (Å²) >= 11 is 11.6. The summed E-state index contributed by atoms with van der Waals surface area (Å²) in [6.07, 6.45) is -1.53. The number of rotatable bonds is 3. The minimum absolute atomic E-state index is 0.00598. The molecule has 23 heavy (non-hydrogen) atoms. The first-order valence-corrected chi connectivity index (χ1v) is 7.38. The van der Waals surface area contributed by atoms with E-state index < -0.39 is 36.9 Å². The quantitative estimate of drug-likeness (QED) is 0.832. The first kappa shape index (κ1) is 17.7. The van der Waals surface area contributed by atoms with E-state index in [4.69, 9.17) is 28.9 Å². The number of nitrogens with zero attached hydrogens (tertiary/aromatic N) is 2. The molecule has 2 N–H and O–H groups in total. The van der Waals surface area contributed by atoms with Crippen LogP contribution in [0.3, 0.4) is 0 Å². The number of pyridine rings is 1. The number of aromatic nitrogens is 1. The van der Waals surface area contributed by atoms with Gasteiger partial charge in [-0.25, -0.2) is 18.6 Å². The average molecular weight is 368 g/mol. The molecule has 2 amide bonds. The number of alkyl halides is 2. The number of piperidine rings is 1. The molecule has 1 fully saturated rings. The highest BCUT2D eigenvalue weighted by Crippen LogP contribution is 2.32. The molecule has 6 nitrogen and oxygen atoms in total. The normalized spacial score (nSPS) is 20.2. The molecule has 0 aromatic carbocycles. The number of ether oxygens (including phenoxy) is 1. The SMILES string of the molecule is NC(=O)OCC1CCC(F)(F)CN1C(=O)c1nc(Cl)ccc1Cl. The highest BCUT2D eigenvalue weighted by molar-refractivity contribution is 6.34. The molecule has 10 heteroatoms. The van der Waals surface area contributed by atoms with E-state index in [9.17, 15) is 18.4 Å². The zero-order valence-corrected chi connectivity index (χ0v) is 13.3. The second-order valence-corrected chi connectivity index (χ2v) is 5.87. The van der Waals surface area contributed by atoms with E-state index in [1.807, 2.05) is 0 Å². The lowest BCUT2D eigenvalue weighted by Gasteiger charge is -2.38. The van der Waals surface area contributed by atoms with E-state index in [2.05, 4.69) is 9.72 Å². The van der Waals surface area contributed by atoms with Gasteiger partial charge in [0.1, 0.15) is 17.5 Å². The first-order valence-electron chi connectivity index (χ1n) is 6.63. The van der Waals surface area contributed by atoms with E-state index in [0.717, 1.165) is 4.90 Å². The highest BCUT2D eigenvalue weighted by atomic mass is 35.5. The topological polar surface area (TPSA) is 85.5 Å². The van der Waals surface area contributed by atoms with Gasteiger partial charge < -0.3 is 15.4 Å². The van der Waals surface area contributed by atoms with Gasteiger partial charge in [-0.2, -0.15) is 0 Å². The minimum atomic E-state index is -3.05. The maximum atomic E-state index is 13.7. The molecule has 2 heterocycles. The van der Waals surface area contributed by atoms with E-state index >= 15 is 0 Å². The molecule has 1 saturated heterocycles. The number of carbonyl (C=O) groups excluding carboxylic acids is 2. The number of halogens is 4. The summed E-state index contributed by atoms with van der Waals surface area (Å²) in [7, 11) is 0. The van der Waals surface area contributed by atoms with Gasteiger partial charge in [-0.3, -0.25) is 4.79 Å². The molecule has 2 rings (SSSR count). The zero-order chi connectivity index (χ0) is 17.2. The molecule has 0 saturated carbocycles. The summed E-state index contributed by atoms with van der Waals surface area (Å²) in [5.74, 6) is -3.86. The Labute approximate surface area is 140 Å². The Hall–Kier alpha value is -1.67. The van der Waals surface area contributed by atoms with Gasteiger partial charge in [0.15, 0.2) is 0 Å². The van der Waals surface area contributed by atoms with Gasteiger partial charge >= 0.3 is 6.09 Å². The fourth-order valence-electron chi connectivity index (χ4n) is 2.28. The van der Waals surface area contributed by atoms with Gasteiger partial charge in [0.25, 0.3) is 11.8 Å². The number of carbonyl (C=O) groups is 2. The monoisotopic (exact) mass is 367 g/mol. The standard InChI is InChI=1S/C13H13Cl2F2N3O3/c14-8-1-2-9(15)19-10(8)11(21)20-6-13(16,17)4-3-7(20)5-23-12(18)22/h1-2,7H,3-6H2,(H2,18,22). The van der Waals surface area contributed by atoms with Crippen LogP contribution < -0.4 is 5.73 Å². The van der Waals surface area contributed by atoms with E-state index in [1.54, 1.807) is 0 Å². The van der Waals surface area contributed by atoms with Crippen molar-refractivity contribution in [2.75, 3.05) is 13.2 Å². The third-order valence-corrected chi connectivity index (χ3v) is 3.89. The van der Waals surface area contributed by atoms with Crippen LogP contribution in [-0.2, 0) is 4.74 Å². The van der Waals surface area contributed by atoms with Crippen LogP contribution in [0.4, 0.5) is 13.6 Å². The van der Waals surface area contributed by atoms with Gasteiger partial charge in [0.2, 0.25) is 0 Å². The molecule has 1 unspecified atom stereocenters. The number of nitrogens with two attached hydrogens (primary N) is 1. The minimum Gasteiger partial charge on any atom is -0.448 e. The van der Waals surface area contributed by atoms with Crippen molar-refractivity contribution in [3.05, 3.63) is 28.0 Å². The Bertz CT molecular complexity index is 630. The van der Waals surface area contributed by atoms with Crippen LogP contribution in [0, 0.1) is 0 Å². The molecule has 1 aliphatic rings. The van der Waals surface area contributed by atoms with Gasteiger partial charge in [-0.1, -0.05) is 23.2 Å². The molecular weight excluding hydrogens is 355 g/mol. The smallest absolute Gasteiger partial charge is 0.404 e.